The van der Waals surface area contributed by atoms with Crippen LogP contribution >= 0.6 is 11.6 Å². The number of halogens is 1. The molecule has 0 bridgehead atoms. The first kappa shape index (κ1) is 20.8. The molecule has 7 heteroatoms. The Morgan fingerprint density at radius 2 is 1.71 bits per heavy atom. The highest BCUT2D eigenvalue weighted by Crippen LogP contribution is 2.51. The number of anilines is 2. The molecule has 0 saturated carbocycles. The minimum absolute atomic E-state index is 0.181. The molecular formula is C27H24ClN5O. The number of hydrogen-bond donors (Lipinski definition) is 1. The van der Waals surface area contributed by atoms with Crippen molar-refractivity contribution < 1.29 is 4.74 Å². The van der Waals surface area contributed by atoms with Crippen LogP contribution in [0, 0.1) is 6.92 Å². The Labute approximate surface area is 203 Å². The highest BCUT2D eigenvalue weighted by molar-refractivity contribution is 6.30. The Morgan fingerprint density at radius 1 is 0.971 bits per heavy atom. The summed E-state index contributed by atoms with van der Waals surface area (Å²) in [7, 11) is 4.08. The minimum Gasteiger partial charge on any atom is -0.480 e. The van der Waals surface area contributed by atoms with E-state index in [0.29, 0.717) is 11.0 Å². The number of nitrogens with one attached hydrogen (secondary N) is 1. The molecule has 0 saturated heterocycles. The molecule has 6 rings (SSSR count). The Kier molecular flexibility index (Phi) is 4.85. The molecule has 2 atom stereocenters. The normalized spacial score (nSPS) is 18.4. The van der Waals surface area contributed by atoms with Crippen LogP contribution in [0.1, 0.15) is 34.4 Å². The average molecular weight is 470 g/mol. The Balaban J connectivity index is 1.59. The van der Waals surface area contributed by atoms with Gasteiger partial charge in [-0.3, -0.25) is 0 Å². The fraction of sp³-hybridized carbons (Fsp3) is 0.185. The number of aryl methyl sites for hydroxylation is 1. The number of aromatic nitrogens is 3. The van der Waals surface area contributed by atoms with Crippen molar-refractivity contribution in [1.29, 1.82) is 0 Å². The van der Waals surface area contributed by atoms with Gasteiger partial charge >= 0.3 is 0 Å². The quantitative estimate of drug-likeness (QED) is 0.407. The summed E-state index contributed by atoms with van der Waals surface area (Å²) in [6.07, 6.45) is 1.28. The van der Waals surface area contributed by atoms with Crippen molar-refractivity contribution in [2.75, 3.05) is 24.3 Å². The standard InChI is InChI=1S/C27H24ClN5O/c1-16-4-6-17(7-5-16)25-23-24(31-27-29-15-30-33(25)27)21-14-19(28)10-13-22(21)34-26(23)18-8-11-20(12-9-18)32(2)3/h4-15,25-26H,1-3H3,(H,29,30,31). The first-order valence-electron chi connectivity index (χ1n) is 11.2. The fourth-order valence-electron chi connectivity index (χ4n) is 4.73. The van der Waals surface area contributed by atoms with Crippen molar-refractivity contribution in [2.45, 2.75) is 19.1 Å². The molecule has 2 unspecified atom stereocenters. The summed E-state index contributed by atoms with van der Waals surface area (Å²) < 4.78 is 8.61. The van der Waals surface area contributed by atoms with Crippen LogP contribution < -0.4 is 15.0 Å². The lowest BCUT2D eigenvalue weighted by molar-refractivity contribution is 0.223. The summed E-state index contributed by atoms with van der Waals surface area (Å²) in [6.45, 7) is 2.09. The third-order valence-electron chi connectivity index (χ3n) is 6.48. The number of benzene rings is 3. The largest absolute Gasteiger partial charge is 0.480 e. The lowest BCUT2D eigenvalue weighted by Gasteiger charge is -2.39. The lowest BCUT2D eigenvalue weighted by atomic mass is 9.84. The topological polar surface area (TPSA) is 55.2 Å². The van der Waals surface area contributed by atoms with Crippen LogP contribution in [0.2, 0.25) is 5.02 Å². The van der Waals surface area contributed by atoms with Crippen LogP contribution in [-0.4, -0.2) is 28.9 Å². The number of nitrogens with zero attached hydrogens (tertiary/aromatic N) is 4. The van der Waals surface area contributed by atoms with E-state index in [2.05, 4.69) is 75.8 Å². The van der Waals surface area contributed by atoms with Gasteiger partial charge in [0.05, 0.1) is 5.70 Å². The van der Waals surface area contributed by atoms with Crippen LogP contribution in [0.5, 0.6) is 5.75 Å². The average Bonchev–Trinajstić information content (AvgIpc) is 3.31. The zero-order chi connectivity index (χ0) is 23.4. The van der Waals surface area contributed by atoms with E-state index >= 15 is 0 Å². The maximum absolute atomic E-state index is 6.68. The fourth-order valence-corrected chi connectivity index (χ4v) is 4.91. The van der Waals surface area contributed by atoms with E-state index in [1.54, 1.807) is 6.33 Å². The third kappa shape index (κ3) is 3.33. The van der Waals surface area contributed by atoms with Gasteiger partial charge in [-0.15, -0.1) is 0 Å². The van der Waals surface area contributed by atoms with Crippen molar-refractivity contribution in [1.82, 2.24) is 14.8 Å². The second-order valence-corrected chi connectivity index (χ2v) is 9.36. The molecule has 4 aromatic rings. The molecule has 1 aromatic heterocycles. The molecule has 2 aliphatic rings. The Morgan fingerprint density at radius 3 is 2.44 bits per heavy atom. The zero-order valence-corrected chi connectivity index (χ0v) is 19.9. The Hall–Kier alpha value is -3.77. The maximum atomic E-state index is 6.68. The van der Waals surface area contributed by atoms with Gasteiger partial charge in [0.25, 0.3) is 0 Å². The third-order valence-corrected chi connectivity index (χ3v) is 6.72. The highest BCUT2D eigenvalue weighted by Gasteiger charge is 2.41. The number of rotatable bonds is 3. The van der Waals surface area contributed by atoms with Crippen LogP contribution in [0.3, 0.4) is 0 Å². The molecule has 6 nitrogen and oxygen atoms in total. The van der Waals surface area contributed by atoms with Gasteiger partial charge < -0.3 is 15.0 Å². The first-order valence-corrected chi connectivity index (χ1v) is 11.6. The maximum Gasteiger partial charge on any atom is 0.226 e. The second-order valence-electron chi connectivity index (χ2n) is 8.92. The van der Waals surface area contributed by atoms with Crippen LogP contribution in [0.15, 0.2) is 78.6 Å². The number of ether oxygens (including phenoxy) is 1. The van der Waals surface area contributed by atoms with Crippen molar-refractivity contribution in [2.24, 2.45) is 0 Å². The number of fused-ring (bicyclic) bond motifs is 3. The summed E-state index contributed by atoms with van der Waals surface area (Å²) in [5, 5.41) is 8.77. The number of hydrogen-bond acceptors (Lipinski definition) is 5. The summed E-state index contributed by atoms with van der Waals surface area (Å²) in [5.41, 5.74) is 7.51. The molecule has 170 valence electrons. The SMILES string of the molecule is Cc1ccc(C2C3=C(Nc4ncnn42)c2cc(Cl)ccc2OC3c2ccc(N(C)C)cc2)cc1. The molecule has 0 spiro atoms. The molecule has 0 aliphatic carbocycles. The molecule has 3 heterocycles. The van der Waals surface area contributed by atoms with Crippen molar-refractivity contribution in [3.63, 3.8) is 0 Å². The summed E-state index contributed by atoms with van der Waals surface area (Å²) in [5.74, 6) is 1.48. The predicted octanol–water partition coefficient (Wildman–Crippen LogP) is 5.87. The van der Waals surface area contributed by atoms with Gasteiger partial charge in [0.1, 0.15) is 24.2 Å². The molecule has 0 fully saturated rings. The van der Waals surface area contributed by atoms with Gasteiger partial charge in [0.2, 0.25) is 5.95 Å². The van der Waals surface area contributed by atoms with Gasteiger partial charge in [-0.25, -0.2) is 4.68 Å². The zero-order valence-electron chi connectivity index (χ0n) is 19.2. The van der Waals surface area contributed by atoms with Crippen molar-refractivity contribution in [3.05, 3.63) is 106 Å². The molecule has 3 aromatic carbocycles. The monoisotopic (exact) mass is 469 g/mol. The summed E-state index contributed by atoms with van der Waals surface area (Å²) >= 11 is 6.41. The van der Waals surface area contributed by atoms with Crippen LogP contribution in [0.4, 0.5) is 11.6 Å². The molecular weight excluding hydrogens is 446 g/mol. The van der Waals surface area contributed by atoms with E-state index in [1.807, 2.05) is 37.0 Å². The molecule has 1 N–H and O–H groups in total. The van der Waals surface area contributed by atoms with E-state index in [0.717, 1.165) is 39.4 Å². The highest BCUT2D eigenvalue weighted by atomic mass is 35.5. The van der Waals surface area contributed by atoms with E-state index in [1.165, 1.54) is 5.56 Å². The Bertz CT molecular complexity index is 1410. The summed E-state index contributed by atoms with van der Waals surface area (Å²) in [4.78, 5) is 6.58. The second kappa shape index (κ2) is 7.92. The van der Waals surface area contributed by atoms with E-state index in [-0.39, 0.29) is 12.1 Å². The molecule has 34 heavy (non-hydrogen) atoms. The van der Waals surface area contributed by atoms with Gasteiger partial charge in [-0.05, 0) is 48.4 Å². The van der Waals surface area contributed by atoms with Crippen LogP contribution in [0.25, 0.3) is 5.70 Å². The van der Waals surface area contributed by atoms with E-state index < -0.39 is 0 Å². The van der Waals surface area contributed by atoms with Crippen molar-refractivity contribution >= 4 is 28.9 Å². The molecule has 2 aliphatic heterocycles. The first-order chi connectivity index (χ1) is 16.5. The van der Waals surface area contributed by atoms with Gasteiger partial charge in [0.15, 0.2) is 0 Å². The lowest BCUT2D eigenvalue weighted by Crippen LogP contribution is -2.32. The van der Waals surface area contributed by atoms with Gasteiger partial charge in [-0.2, -0.15) is 10.1 Å². The van der Waals surface area contributed by atoms with Gasteiger partial charge in [0, 0.05) is 35.9 Å². The molecule has 0 amide bonds. The van der Waals surface area contributed by atoms with Crippen LogP contribution in [-0.2, 0) is 0 Å². The summed E-state index contributed by atoms with van der Waals surface area (Å²) in [6, 6.07) is 22.6. The van der Waals surface area contributed by atoms with Gasteiger partial charge in [-0.1, -0.05) is 53.6 Å². The smallest absolute Gasteiger partial charge is 0.226 e. The van der Waals surface area contributed by atoms with E-state index in [9.17, 15) is 0 Å². The van der Waals surface area contributed by atoms with Crippen molar-refractivity contribution in [3.8, 4) is 5.75 Å². The predicted molar refractivity (Wildman–Crippen MR) is 135 cm³/mol. The molecule has 0 radical (unpaired) electrons. The van der Waals surface area contributed by atoms with E-state index in [4.69, 9.17) is 16.3 Å². The minimum atomic E-state index is -0.309.